The standard InChI is InChI=1S/C16H23N5O/c1-11(2)16-19-14-8-7-13(10-21(14)20-16)17-9-12-5-4-6-15(18-12)22-3/h4-6,11,13,17H,7-10H2,1-3H3. The second-order valence-corrected chi connectivity index (χ2v) is 6.01. The number of aryl methyl sites for hydroxylation is 1. The van der Waals surface area contributed by atoms with Crippen molar-refractivity contribution in [2.75, 3.05) is 7.11 Å². The number of ether oxygens (including phenoxy) is 1. The van der Waals surface area contributed by atoms with E-state index in [4.69, 9.17) is 4.74 Å². The number of rotatable bonds is 5. The van der Waals surface area contributed by atoms with Crippen LogP contribution in [-0.4, -0.2) is 32.9 Å². The Labute approximate surface area is 130 Å². The summed E-state index contributed by atoms with van der Waals surface area (Å²) in [6.45, 7) is 5.87. The van der Waals surface area contributed by atoms with E-state index in [1.165, 1.54) is 0 Å². The molecule has 1 aliphatic rings. The van der Waals surface area contributed by atoms with Crippen molar-refractivity contribution in [2.24, 2.45) is 0 Å². The van der Waals surface area contributed by atoms with E-state index < -0.39 is 0 Å². The molecule has 2 aromatic heterocycles. The third-order valence-electron chi connectivity index (χ3n) is 3.95. The van der Waals surface area contributed by atoms with Gasteiger partial charge in [0, 0.05) is 31.0 Å². The molecule has 0 aromatic carbocycles. The van der Waals surface area contributed by atoms with Gasteiger partial charge in [0.05, 0.1) is 19.3 Å². The van der Waals surface area contributed by atoms with Gasteiger partial charge in [0.1, 0.15) is 5.82 Å². The highest BCUT2D eigenvalue weighted by Gasteiger charge is 2.22. The minimum Gasteiger partial charge on any atom is -0.481 e. The maximum absolute atomic E-state index is 5.16. The van der Waals surface area contributed by atoms with E-state index in [0.29, 0.717) is 17.8 Å². The van der Waals surface area contributed by atoms with Crippen LogP contribution in [0.4, 0.5) is 0 Å². The minimum absolute atomic E-state index is 0.380. The number of hydrogen-bond acceptors (Lipinski definition) is 5. The second-order valence-electron chi connectivity index (χ2n) is 6.01. The van der Waals surface area contributed by atoms with E-state index in [1.807, 2.05) is 18.2 Å². The first kappa shape index (κ1) is 15.0. The average molecular weight is 301 g/mol. The summed E-state index contributed by atoms with van der Waals surface area (Å²) >= 11 is 0. The van der Waals surface area contributed by atoms with E-state index in [1.54, 1.807) is 7.11 Å². The maximum atomic E-state index is 5.16. The monoisotopic (exact) mass is 301 g/mol. The van der Waals surface area contributed by atoms with E-state index in [2.05, 4.69) is 38.9 Å². The lowest BCUT2D eigenvalue weighted by atomic mass is 10.1. The van der Waals surface area contributed by atoms with Crippen LogP contribution in [0.25, 0.3) is 0 Å². The molecule has 6 nitrogen and oxygen atoms in total. The van der Waals surface area contributed by atoms with Crippen LogP contribution in [-0.2, 0) is 19.5 Å². The first-order valence-electron chi connectivity index (χ1n) is 7.82. The molecule has 22 heavy (non-hydrogen) atoms. The Morgan fingerprint density at radius 1 is 1.36 bits per heavy atom. The molecule has 1 unspecified atom stereocenters. The van der Waals surface area contributed by atoms with Crippen molar-refractivity contribution >= 4 is 0 Å². The summed E-state index contributed by atoms with van der Waals surface area (Å²) in [5.41, 5.74) is 0.992. The molecule has 2 aromatic rings. The Kier molecular flexibility index (Phi) is 4.38. The molecule has 0 bridgehead atoms. The van der Waals surface area contributed by atoms with Crippen LogP contribution in [0.2, 0.25) is 0 Å². The fraction of sp³-hybridized carbons (Fsp3) is 0.562. The minimum atomic E-state index is 0.380. The summed E-state index contributed by atoms with van der Waals surface area (Å²) in [7, 11) is 1.64. The Morgan fingerprint density at radius 2 is 2.23 bits per heavy atom. The fourth-order valence-corrected chi connectivity index (χ4v) is 2.66. The van der Waals surface area contributed by atoms with Crippen LogP contribution in [0.1, 0.15) is 43.5 Å². The third-order valence-corrected chi connectivity index (χ3v) is 3.95. The van der Waals surface area contributed by atoms with Gasteiger partial charge in [-0.25, -0.2) is 14.6 Å². The smallest absolute Gasteiger partial charge is 0.213 e. The van der Waals surface area contributed by atoms with Crippen LogP contribution in [0.15, 0.2) is 18.2 Å². The molecule has 3 rings (SSSR count). The van der Waals surface area contributed by atoms with Crippen molar-refractivity contribution in [1.82, 2.24) is 25.1 Å². The summed E-state index contributed by atoms with van der Waals surface area (Å²) in [5, 5.41) is 8.17. The first-order valence-corrected chi connectivity index (χ1v) is 7.82. The van der Waals surface area contributed by atoms with E-state index in [-0.39, 0.29) is 0 Å². The normalized spacial score (nSPS) is 17.5. The van der Waals surface area contributed by atoms with Gasteiger partial charge in [-0.05, 0) is 12.5 Å². The predicted molar refractivity (Wildman–Crippen MR) is 83.8 cm³/mol. The number of fused-ring (bicyclic) bond motifs is 1. The zero-order valence-corrected chi connectivity index (χ0v) is 13.4. The largest absolute Gasteiger partial charge is 0.481 e. The molecule has 0 saturated heterocycles. The quantitative estimate of drug-likeness (QED) is 0.914. The molecule has 1 aliphatic heterocycles. The molecule has 1 N–H and O–H groups in total. The number of methoxy groups -OCH3 is 1. The molecule has 0 amide bonds. The molecule has 3 heterocycles. The number of nitrogens with one attached hydrogen (secondary N) is 1. The summed E-state index contributed by atoms with van der Waals surface area (Å²) in [4.78, 5) is 9.05. The number of aromatic nitrogens is 4. The van der Waals surface area contributed by atoms with Crippen LogP contribution in [0.3, 0.4) is 0 Å². The molecule has 0 radical (unpaired) electrons. The average Bonchev–Trinajstić information content (AvgIpc) is 2.96. The summed E-state index contributed by atoms with van der Waals surface area (Å²) < 4.78 is 7.21. The predicted octanol–water partition coefficient (Wildman–Crippen LogP) is 1.91. The van der Waals surface area contributed by atoms with Gasteiger partial charge in [0.15, 0.2) is 5.82 Å². The molecule has 0 aliphatic carbocycles. The lowest BCUT2D eigenvalue weighted by Crippen LogP contribution is -2.37. The van der Waals surface area contributed by atoms with Crippen molar-refractivity contribution in [2.45, 2.75) is 51.7 Å². The number of hydrogen-bond donors (Lipinski definition) is 1. The van der Waals surface area contributed by atoms with Crippen LogP contribution in [0, 0.1) is 0 Å². The van der Waals surface area contributed by atoms with Crippen LogP contribution >= 0.6 is 0 Å². The first-order chi connectivity index (χ1) is 10.7. The maximum Gasteiger partial charge on any atom is 0.213 e. The fourth-order valence-electron chi connectivity index (χ4n) is 2.66. The van der Waals surface area contributed by atoms with Crippen LogP contribution in [0.5, 0.6) is 5.88 Å². The zero-order valence-electron chi connectivity index (χ0n) is 13.4. The van der Waals surface area contributed by atoms with Gasteiger partial charge in [-0.3, -0.25) is 0 Å². The van der Waals surface area contributed by atoms with Crippen molar-refractivity contribution in [1.29, 1.82) is 0 Å². The van der Waals surface area contributed by atoms with E-state index in [9.17, 15) is 0 Å². The van der Waals surface area contributed by atoms with Gasteiger partial charge >= 0.3 is 0 Å². The summed E-state index contributed by atoms with van der Waals surface area (Å²) in [5.74, 6) is 3.10. The van der Waals surface area contributed by atoms with Gasteiger partial charge < -0.3 is 10.1 Å². The Bertz CT molecular complexity index is 637. The van der Waals surface area contributed by atoms with Crippen molar-refractivity contribution in [3.63, 3.8) is 0 Å². The van der Waals surface area contributed by atoms with Gasteiger partial charge in [-0.2, -0.15) is 5.10 Å². The van der Waals surface area contributed by atoms with Crippen molar-refractivity contribution in [3.05, 3.63) is 35.5 Å². The Hall–Kier alpha value is -1.95. The number of nitrogens with zero attached hydrogens (tertiary/aromatic N) is 4. The van der Waals surface area contributed by atoms with Gasteiger partial charge in [0.2, 0.25) is 5.88 Å². The molecule has 1 atom stereocenters. The lowest BCUT2D eigenvalue weighted by molar-refractivity contribution is 0.354. The molecular weight excluding hydrogens is 278 g/mol. The van der Waals surface area contributed by atoms with Gasteiger partial charge in [-0.1, -0.05) is 19.9 Å². The highest BCUT2D eigenvalue weighted by molar-refractivity contribution is 5.15. The highest BCUT2D eigenvalue weighted by Crippen LogP contribution is 2.17. The Balaban J connectivity index is 1.60. The second kappa shape index (κ2) is 6.44. The summed E-state index contributed by atoms with van der Waals surface area (Å²) in [6, 6.07) is 6.24. The van der Waals surface area contributed by atoms with Gasteiger partial charge in [0.25, 0.3) is 0 Å². The Morgan fingerprint density at radius 3 is 3.00 bits per heavy atom. The molecule has 118 valence electrons. The van der Waals surface area contributed by atoms with E-state index >= 15 is 0 Å². The molecule has 0 saturated carbocycles. The topological polar surface area (TPSA) is 64.9 Å². The van der Waals surface area contributed by atoms with Crippen LogP contribution < -0.4 is 10.1 Å². The molecule has 6 heteroatoms. The molecular formula is C16H23N5O. The van der Waals surface area contributed by atoms with Crippen molar-refractivity contribution < 1.29 is 4.74 Å². The molecule has 0 fully saturated rings. The van der Waals surface area contributed by atoms with E-state index in [0.717, 1.165) is 43.3 Å². The third kappa shape index (κ3) is 3.27. The summed E-state index contributed by atoms with van der Waals surface area (Å²) in [6.07, 6.45) is 2.06. The van der Waals surface area contributed by atoms with Crippen molar-refractivity contribution in [3.8, 4) is 5.88 Å². The molecule has 0 spiro atoms. The lowest BCUT2D eigenvalue weighted by Gasteiger charge is -2.23. The number of pyridine rings is 1. The van der Waals surface area contributed by atoms with Gasteiger partial charge in [-0.15, -0.1) is 0 Å². The zero-order chi connectivity index (χ0) is 15.5. The SMILES string of the molecule is COc1cccc(CNC2CCc3nc(C(C)C)nn3C2)n1. The highest BCUT2D eigenvalue weighted by atomic mass is 16.5.